The van der Waals surface area contributed by atoms with E-state index < -0.39 is 0 Å². The van der Waals surface area contributed by atoms with Crippen LogP contribution in [0.4, 0.5) is 5.00 Å². The minimum Gasteiger partial charge on any atom is -0.315 e. The highest BCUT2D eigenvalue weighted by atomic mass is 32.1. The molecule has 0 aromatic carbocycles. The monoisotopic (exact) mass is 306 g/mol. The van der Waals surface area contributed by atoms with E-state index in [9.17, 15) is 10.1 Å². The SMILES string of the molecule is Cc1sc(NC(=O)CN(C)C2CCCNC2)c(C#N)c1C. The Hall–Kier alpha value is -1.42. The Morgan fingerprint density at radius 2 is 2.33 bits per heavy atom. The van der Waals surface area contributed by atoms with Crippen LogP contribution in [-0.4, -0.2) is 43.5 Å². The summed E-state index contributed by atoms with van der Waals surface area (Å²) >= 11 is 1.47. The zero-order chi connectivity index (χ0) is 15.4. The largest absolute Gasteiger partial charge is 0.315 e. The maximum Gasteiger partial charge on any atom is 0.239 e. The number of piperidine rings is 1. The lowest BCUT2D eigenvalue weighted by atomic mass is 10.1. The molecule has 2 rings (SSSR count). The van der Waals surface area contributed by atoms with Crippen molar-refractivity contribution < 1.29 is 4.79 Å². The zero-order valence-corrected chi connectivity index (χ0v) is 13.6. The predicted molar refractivity (Wildman–Crippen MR) is 85.7 cm³/mol. The van der Waals surface area contributed by atoms with E-state index in [-0.39, 0.29) is 5.91 Å². The first kappa shape index (κ1) is 16.0. The summed E-state index contributed by atoms with van der Waals surface area (Å²) in [6.07, 6.45) is 2.27. The number of amides is 1. The Balaban J connectivity index is 1.95. The lowest BCUT2D eigenvalue weighted by molar-refractivity contribution is -0.117. The third-order valence-electron chi connectivity index (χ3n) is 4.04. The summed E-state index contributed by atoms with van der Waals surface area (Å²) in [6, 6.07) is 2.59. The maximum absolute atomic E-state index is 12.2. The van der Waals surface area contributed by atoms with Crippen LogP contribution < -0.4 is 10.6 Å². The molecule has 2 heterocycles. The van der Waals surface area contributed by atoms with E-state index in [0.29, 0.717) is 23.2 Å². The molecule has 1 atom stereocenters. The van der Waals surface area contributed by atoms with E-state index in [1.165, 1.54) is 11.3 Å². The summed E-state index contributed by atoms with van der Waals surface area (Å²) in [6.45, 7) is 6.24. The first-order chi connectivity index (χ1) is 10.0. The van der Waals surface area contributed by atoms with E-state index in [1.54, 1.807) is 0 Å². The standard InChI is InChI=1S/C15H22N4OS/c1-10-11(2)21-15(13(10)7-16)18-14(20)9-19(3)12-5-4-6-17-8-12/h12,17H,4-6,8-9H2,1-3H3,(H,18,20). The van der Waals surface area contributed by atoms with Gasteiger partial charge in [0.05, 0.1) is 12.1 Å². The molecule has 1 amide bonds. The van der Waals surface area contributed by atoms with Gasteiger partial charge in [-0.05, 0) is 45.8 Å². The molecular formula is C15H22N4OS. The van der Waals surface area contributed by atoms with Crippen molar-refractivity contribution in [1.82, 2.24) is 10.2 Å². The molecule has 0 bridgehead atoms. The van der Waals surface area contributed by atoms with Crippen LogP contribution in [0.1, 0.15) is 28.8 Å². The fourth-order valence-electron chi connectivity index (χ4n) is 2.58. The first-order valence-corrected chi connectivity index (χ1v) is 8.05. The Morgan fingerprint density at radius 1 is 1.57 bits per heavy atom. The molecule has 0 radical (unpaired) electrons. The van der Waals surface area contributed by atoms with Crippen LogP contribution in [-0.2, 0) is 4.79 Å². The summed E-state index contributed by atoms with van der Waals surface area (Å²) in [4.78, 5) is 15.3. The molecule has 1 aliphatic heterocycles. The minimum absolute atomic E-state index is 0.0548. The van der Waals surface area contributed by atoms with E-state index in [2.05, 4.69) is 21.6 Å². The van der Waals surface area contributed by atoms with Crippen LogP contribution in [0.25, 0.3) is 0 Å². The van der Waals surface area contributed by atoms with Crippen LogP contribution in [0.15, 0.2) is 0 Å². The fourth-order valence-corrected chi connectivity index (χ4v) is 3.61. The average molecular weight is 306 g/mol. The number of carbonyl (C=O) groups excluding carboxylic acids is 1. The van der Waals surface area contributed by atoms with Crippen LogP contribution in [0.5, 0.6) is 0 Å². The second-order valence-electron chi connectivity index (χ2n) is 5.56. The molecule has 1 aromatic rings. The molecule has 1 fully saturated rings. The van der Waals surface area contributed by atoms with Crippen LogP contribution in [0, 0.1) is 25.2 Å². The number of likely N-dealkylation sites (N-methyl/N-ethyl adjacent to an activating group) is 1. The highest BCUT2D eigenvalue weighted by Gasteiger charge is 2.21. The zero-order valence-electron chi connectivity index (χ0n) is 12.8. The number of hydrogen-bond acceptors (Lipinski definition) is 5. The van der Waals surface area contributed by atoms with E-state index in [4.69, 9.17) is 0 Å². The molecule has 1 aromatic heterocycles. The molecule has 1 aliphatic rings. The highest BCUT2D eigenvalue weighted by molar-refractivity contribution is 7.16. The molecule has 0 spiro atoms. The maximum atomic E-state index is 12.2. The molecule has 114 valence electrons. The van der Waals surface area contributed by atoms with Gasteiger partial charge in [0.1, 0.15) is 11.1 Å². The van der Waals surface area contributed by atoms with Gasteiger partial charge in [-0.25, -0.2) is 0 Å². The number of nitrogens with one attached hydrogen (secondary N) is 2. The van der Waals surface area contributed by atoms with Crippen molar-refractivity contribution in [3.63, 3.8) is 0 Å². The number of carbonyl (C=O) groups is 1. The van der Waals surface area contributed by atoms with Crippen LogP contribution >= 0.6 is 11.3 Å². The van der Waals surface area contributed by atoms with Crippen molar-refractivity contribution in [2.24, 2.45) is 0 Å². The van der Waals surface area contributed by atoms with E-state index in [0.717, 1.165) is 36.4 Å². The van der Waals surface area contributed by atoms with Crippen molar-refractivity contribution in [2.75, 3.05) is 32.0 Å². The molecule has 1 saturated heterocycles. The van der Waals surface area contributed by atoms with Gasteiger partial charge in [0.2, 0.25) is 5.91 Å². The number of thiophene rings is 1. The van der Waals surface area contributed by atoms with Gasteiger partial charge in [0.25, 0.3) is 0 Å². The van der Waals surface area contributed by atoms with Crippen LogP contribution in [0.2, 0.25) is 0 Å². The van der Waals surface area contributed by atoms with Gasteiger partial charge in [-0.1, -0.05) is 0 Å². The third-order valence-corrected chi connectivity index (χ3v) is 5.16. The number of aryl methyl sites for hydroxylation is 1. The van der Waals surface area contributed by atoms with Crippen molar-refractivity contribution in [3.8, 4) is 6.07 Å². The Bertz CT molecular complexity index is 555. The first-order valence-electron chi connectivity index (χ1n) is 7.23. The van der Waals surface area contributed by atoms with E-state index >= 15 is 0 Å². The lowest BCUT2D eigenvalue weighted by Crippen LogP contribution is -2.46. The highest BCUT2D eigenvalue weighted by Crippen LogP contribution is 2.31. The molecule has 21 heavy (non-hydrogen) atoms. The number of rotatable bonds is 4. The number of anilines is 1. The normalized spacial score (nSPS) is 18.5. The Kier molecular flexibility index (Phi) is 5.34. The predicted octanol–water partition coefficient (Wildman–Crippen LogP) is 1.86. The summed E-state index contributed by atoms with van der Waals surface area (Å²) in [5, 5.41) is 16.1. The van der Waals surface area contributed by atoms with Gasteiger partial charge in [-0.3, -0.25) is 9.69 Å². The number of hydrogen-bond donors (Lipinski definition) is 2. The topological polar surface area (TPSA) is 68.2 Å². The van der Waals surface area contributed by atoms with Crippen molar-refractivity contribution in [2.45, 2.75) is 32.7 Å². The molecule has 2 N–H and O–H groups in total. The summed E-state index contributed by atoms with van der Waals surface area (Å²) in [5.74, 6) is -0.0548. The van der Waals surface area contributed by atoms with Gasteiger partial charge < -0.3 is 10.6 Å². The molecule has 5 nitrogen and oxygen atoms in total. The van der Waals surface area contributed by atoms with Crippen molar-refractivity contribution >= 4 is 22.2 Å². The summed E-state index contributed by atoms with van der Waals surface area (Å²) in [7, 11) is 1.98. The molecule has 1 unspecified atom stereocenters. The molecule has 6 heteroatoms. The van der Waals surface area contributed by atoms with Crippen molar-refractivity contribution in [1.29, 1.82) is 5.26 Å². The van der Waals surface area contributed by atoms with Gasteiger partial charge >= 0.3 is 0 Å². The number of nitrogens with zero attached hydrogens (tertiary/aromatic N) is 2. The minimum atomic E-state index is -0.0548. The average Bonchev–Trinajstić information content (AvgIpc) is 2.73. The van der Waals surface area contributed by atoms with Crippen molar-refractivity contribution in [3.05, 3.63) is 16.0 Å². The Labute approximate surface area is 129 Å². The molecular weight excluding hydrogens is 284 g/mol. The Morgan fingerprint density at radius 3 is 2.95 bits per heavy atom. The molecule has 0 saturated carbocycles. The second-order valence-corrected chi connectivity index (χ2v) is 6.79. The van der Waals surface area contributed by atoms with Gasteiger partial charge in [0.15, 0.2) is 0 Å². The molecule has 0 aliphatic carbocycles. The fraction of sp³-hybridized carbons (Fsp3) is 0.600. The number of nitriles is 1. The third kappa shape index (κ3) is 3.82. The summed E-state index contributed by atoms with van der Waals surface area (Å²) < 4.78 is 0. The smallest absolute Gasteiger partial charge is 0.239 e. The van der Waals surface area contributed by atoms with Crippen LogP contribution in [0.3, 0.4) is 0 Å². The second kappa shape index (κ2) is 7.03. The van der Waals surface area contributed by atoms with Gasteiger partial charge in [-0.2, -0.15) is 5.26 Å². The van der Waals surface area contributed by atoms with E-state index in [1.807, 2.05) is 20.9 Å². The lowest BCUT2D eigenvalue weighted by Gasteiger charge is -2.31. The van der Waals surface area contributed by atoms with Gasteiger partial charge in [-0.15, -0.1) is 11.3 Å². The quantitative estimate of drug-likeness (QED) is 0.891. The summed E-state index contributed by atoms with van der Waals surface area (Å²) in [5.41, 5.74) is 1.55. The van der Waals surface area contributed by atoms with Gasteiger partial charge in [0, 0.05) is 17.5 Å².